The molecule has 1 heterocycles. The molecule has 1 aromatic rings. The summed E-state index contributed by atoms with van der Waals surface area (Å²) < 4.78 is 23.7. The van der Waals surface area contributed by atoms with Crippen molar-refractivity contribution in [1.29, 1.82) is 0 Å². The molecule has 1 rings (SSSR count). The predicted molar refractivity (Wildman–Crippen MR) is 57.1 cm³/mol. The third-order valence-corrected chi connectivity index (χ3v) is 4.02. The lowest BCUT2D eigenvalue weighted by Crippen LogP contribution is -2.19. The van der Waals surface area contributed by atoms with E-state index in [4.69, 9.17) is 0 Å². The topological polar surface area (TPSA) is 67.0 Å². The number of sulfone groups is 1. The maximum Gasteiger partial charge on any atom is 0.266 e. The molecule has 0 bridgehead atoms. The van der Waals surface area contributed by atoms with Crippen LogP contribution in [0.2, 0.25) is 0 Å². The number of nitrogens with one attached hydrogen (secondary N) is 1. The Morgan fingerprint density at radius 1 is 1.50 bits per heavy atom. The molecule has 0 saturated carbocycles. The standard InChI is InChI=1S/C8H10BrNO3S/c1-2-3-14(12,13)7-4-6(9)5-10-8(7)11/h4-5H,2-3H2,1H3,(H,10,11). The fourth-order valence-electron chi connectivity index (χ4n) is 1.05. The van der Waals surface area contributed by atoms with Crippen molar-refractivity contribution in [2.45, 2.75) is 18.2 Å². The van der Waals surface area contributed by atoms with E-state index in [0.717, 1.165) is 0 Å². The second kappa shape index (κ2) is 4.27. The Balaban J connectivity index is 3.32. The lowest BCUT2D eigenvalue weighted by atomic mass is 10.5. The van der Waals surface area contributed by atoms with E-state index in [1.165, 1.54) is 12.3 Å². The third-order valence-electron chi connectivity index (χ3n) is 1.64. The molecule has 0 spiro atoms. The summed E-state index contributed by atoms with van der Waals surface area (Å²) in [6.45, 7) is 1.75. The highest BCUT2D eigenvalue weighted by molar-refractivity contribution is 9.10. The van der Waals surface area contributed by atoms with Gasteiger partial charge in [-0.2, -0.15) is 0 Å². The van der Waals surface area contributed by atoms with Crippen LogP contribution < -0.4 is 5.56 Å². The summed E-state index contributed by atoms with van der Waals surface area (Å²) in [6, 6.07) is 1.32. The van der Waals surface area contributed by atoms with Crippen molar-refractivity contribution in [3.63, 3.8) is 0 Å². The zero-order valence-corrected chi connectivity index (χ0v) is 9.98. The largest absolute Gasteiger partial charge is 0.327 e. The zero-order valence-electron chi connectivity index (χ0n) is 7.58. The van der Waals surface area contributed by atoms with Crippen molar-refractivity contribution in [2.24, 2.45) is 0 Å². The van der Waals surface area contributed by atoms with Gasteiger partial charge >= 0.3 is 0 Å². The van der Waals surface area contributed by atoms with Crippen LogP contribution >= 0.6 is 15.9 Å². The minimum Gasteiger partial charge on any atom is -0.327 e. The van der Waals surface area contributed by atoms with Crippen LogP contribution in [0, 0.1) is 0 Å². The first-order chi connectivity index (χ1) is 6.47. The van der Waals surface area contributed by atoms with Crippen LogP contribution in [0.4, 0.5) is 0 Å². The molecule has 0 aliphatic carbocycles. The first kappa shape index (κ1) is 11.5. The minimum atomic E-state index is -3.44. The van der Waals surface area contributed by atoms with Gasteiger partial charge < -0.3 is 4.98 Å². The Kier molecular flexibility index (Phi) is 3.49. The fourth-order valence-corrected chi connectivity index (χ4v) is 2.95. The molecule has 14 heavy (non-hydrogen) atoms. The van der Waals surface area contributed by atoms with Gasteiger partial charge in [0.05, 0.1) is 5.75 Å². The number of halogens is 1. The molecule has 0 unspecified atom stereocenters. The first-order valence-electron chi connectivity index (χ1n) is 4.08. The van der Waals surface area contributed by atoms with Crippen LogP contribution in [0.1, 0.15) is 13.3 Å². The molecule has 0 fully saturated rings. The Bertz CT molecular complexity index is 478. The highest BCUT2D eigenvalue weighted by Gasteiger charge is 2.17. The maximum atomic E-state index is 11.6. The lowest BCUT2D eigenvalue weighted by molar-refractivity contribution is 0.593. The van der Waals surface area contributed by atoms with Crippen molar-refractivity contribution in [3.8, 4) is 0 Å². The summed E-state index contributed by atoms with van der Waals surface area (Å²) in [4.78, 5) is 13.4. The van der Waals surface area contributed by atoms with Gasteiger partial charge in [-0.1, -0.05) is 6.92 Å². The van der Waals surface area contributed by atoms with Gasteiger partial charge in [0.1, 0.15) is 4.90 Å². The molecule has 0 amide bonds. The van der Waals surface area contributed by atoms with E-state index in [1.807, 2.05) is 0 Å². The summed E-state index contributed by atoms with van der Waals surface area (Å²) in [6.07, 6.45) is 1.90. The SMILES string of the molecule is CCCS(=O)(=O)c1cc(Br)c[nH]c1=O. The maximum absolute atomic E-state index is 11.6. The molecule has 1 aromatic heterocycles. The van der Waals surface area contributed by atoms with Crippen LogP contribution in [-0.4, -0.2) is 19.2 Å². The number of aromatic amines is 1. The Labute approximate surface area is 90.4 Å². The summed E-state index contributed by atoms with van der Waals surface area (Å²) in [5.41, 5.74) is -0.568. The quantitative estimate of drug-likeness (QED) is 0.908. The van der Waals surface area contributed by atoms with E-state index >= 15 is 0 Å². The fraction of sp³-hybridized carbons (Fsp3) is 0.375. The molecule has 0 aliphatic rings. The molecular weight excluding hydrogens is 270 g/mol. The van der Waals surface area contributed by atoms with Gasteiger partial charge in [0, 0.05) is 10.7 Å². The average molecular weight is 280 g/mol. The molecule has 6 heteroatoms. The second-order valence-corrected chi connectivity index (χ2v) is 5.82. The lowest BCUT2D eigenvalue weighted by Gasteiger charge is -2.01. The van der Waals surface area contributed by atoms with E-state index in [2.05, 4.69) is 20.9 Å². The smallest absolute Gasteiger partial charge is 0.266 e. The Morgan fingerprint density at radius 3 is 2.71 bits per heavy atom. The van der Waals surface area contributed by atoms with Gasteiger partial charge in [-0.15, -0.1) is 0 Å². The van der Waals surface area contributed by atoms with Crippen LogP contribution in [-0.2, 0) is 9.84 Å². The van der Waals surface area contributed by atoms with Gasteiger partial charge in [-0.3, -0.25) is 4.79 Å². The second-order valence-electron chi connectivity index (χ2n) is 2.83. The van der Waals surface area contributed by atoms with E-state index in [-0.39, 0.29) is 10.6 Å². The van der Waals surface area contributed by atoms with Crippen LogP contribution in [0.5, 0.6) is 0 Å². The van der Waals surface area contributed by atoms with Crippen LogP contribution in [0.25, 0.3) is 0 Å². The van der Waals surface area contributed by atoms with Crippen molar-refractivity contribution in [1.82, 2.24) is 4.98 Å². The number of aromatic nitrogens is 1. The number of hydrogen-bond donors (Lipinski definition) is 1. The molecule has 1 N–H and O–H groups in total. The van der Waals surface area contributed by atoms with Gasteiger partial charge in [0.2, 0.25) is 0 Å². The van der Waals surface area contributed by atoms with E-state index in [0.29, 0.717) is 10.9 Å². The molecule has 0 radical (unpaired) electrons. The minimum absolute atomic E-state index is 0.00741. The van der Waals surface area contributed by atoms with Crippen LogP contribution in [0.3, 0.4) is 0 Å². The van der Waals surface area contributed by atoms with Crippen LogP contribution in [0.15, 0.2) is 26.4 Å². The normalized spacial score (nSPS) is 11.6. The summed E-state index contributed by atoms with van der Waals surface area (Å²) in [5.74, 6) is -0.00741. The Morgan fingerprint density at radius 2 is 2.14 bits per heavy atom. The summed E-state index contributed by atoms with van der Waals surface area (Å²) in [5, 5.41) is 0. The number of rotatable bonds is 3. The van der Waals surface area contributed by atoms with Crippen molar-refractivity contribution in [3.05, 3.63) is 27.1 Å². The van der Waals surface area contributed by atoms with Crippen molar-refractivity contribution >= 4 is 25.8 Å². The van der Waals surface area contributed by atoms with E-state index in [9.17, 15) is 13.2 Å². The average Bonchev–Trinajstić information content (AvgIpc) is 2.09. The van der Waals surface area contributed by atoms with Gasteiger partial charge in [0.25, 0.3) is 5.56 Å². The zero-order chi connectivity index (χ0) is 10.8. The van der Waals surface area contributed by atoms with E-state index in [1.54, 1.807) is 6.92 Å². The molecule has 78 valence electrons. The number of hydrogen-bond acceptors (Lipinski definition) is 3. The first-order valence-corrected chi connectivity index (χ1v) is 6.53. The van der Waals surface area contributed by atoms with Gasteiger partial charge in [-0.05, 0) is 28.4 Å². The van der Waals surface area contributed by atoms with E-state index < -0.39 is 15.4 Å². The number of pyridine rings is 1. The van der Waals surface area contributed by atoms with Crippen molar-refractivity contribution < 1.29 is 8.42 Å². The molecule has 0 atom stereocenters. The van der Waals surface area contributed by atoms with Gasteiger partial charge in [-0.25, -0.2) is 8.42 Å². The highest BCUT2D eigenvalue weighted by atomic mass is 79.9. The third kappa shape index (κ3) is 2.45. The molecule has 0 aliphatic heterocycles. The highest BCUT2D eigenvalue weighted by Crippen LogP contribution is 2.12. The summed E-state index contributed by atoms with van der Waals surface area (Å²) in [7, 11) is -3.44. The molecule has 0 saturated heterocycles. The molecule has 4 nitrogen and oxygen atoms in total. The predicted octanol–water partition coefficient (Wildman–Crippen LogP) is 1.32. The molecule has 0 aromatic carbocycles. The summed E-state index contributed by atoms with van der Waals surface area (Å²) >= 11 is 3.11. The Hall–Kier alpha value is -0.620. The molecular formula is C8H10BrNO3S. The van der Waals surface area contributed by atoms with Gasteiger partial charge in [0.15, 0.2) is 9.84 Å². The van der Waals surface area contributed by atoms with Crippen molar-refractivity contribution in [2.75, 3.05) is 5.75 Å². The number of H-pyrrole nitrogens is 1. The monoisotopic (exact) mass is 279 g/mol.